The molecule has 0 aromatic carbocycles. The predicted molar refractivity (Wildman–Crippen MR) is 144 cm³/mol. The van der Waals surface area contributed by atoms with E-state index in [2.05, 4.69) is 30.2 Å². The molecule has 1 atom stereocenters. The van der Waals surface area contributed by atoms with Crippen molar-refractivity contribution in [3.63, 3.8) is 0 Å². The normalized spacial score (nSPS) is 16.6. The fourth-order valence-electron chi connectivity index (χ4n) is 4.66. The number of aromatic nitrogens is 7. The smallest absolute Gasteiger partial charge is 0.295 e. The standard InChI is InChI=1S/C25H28N8O3S2/c1-4-38(35,36)19-11-37-18(31-19)10-27-23-25(34)33(14(3)15-5-6-15)24-17(30-23)9-26-22(32-24)20-13(2)28-12-29-21(20)16-7-8-16/h9,11-12,14-16H,4-8,10H2,1-3H3,(H,27,30). The van der Waals surface area contributed by atoms with Crippen LogP contribution in [0, 0.1) is 12.8 Å². The largest absolute Gasteiger partial charge is 0.359 e. The lowest BCUT2D eigenvalue weighted by atomic mass is 10.1. The van der Waals surface area contributed by atoms with Gasteiger partial charge in [-0.1, -0.05) is 6.92 Å². The Kier molecular flexibility index (Phi) is 6.22. The maximum absolute atomic E-state index is 13.7. The molecule has 2 fully saturated rings. The molecule has 11 nitrogen and oxygen atoms in total. The maximum atomic E-state index is 13.7. The fourth-order valence-corrected chi connectivity index (χ4v) is 6.59. The highest BCUT2D eigenvalue weighted by atomic mass is 32.2. The number of nitrogens with zero attached hydrogens (tertiary/aromatic N) is 7. The van der Waals surface area contributed by atoms with Crippen LogP contribution in [0.2, 0.25) is 0 Å². The molecule has 0 bridgehead atoms. The van der Waals surface area contributed by atoms with Gasteiger partial charge in [0.1, 0.15) is 16.9 Å². The van der Waals surface area contributed by atoms with Crippen LogP contribution >= 0.6 is 11.3 Å². The third kappa shape index (κ3) is 4.57. The Bertz CT molecular complexity index is 1710. The zero-order chi connectivity index (χ0) is 26.6. The van der Waals surface area contributed by atoms with Crippen molar-refractivity contribution >= 4 is 38.2 Å². The SMILES string of the molecule is CCS(=O)(=O)c1csc(CNc2nc3cnc(-c4c(C)ncnc4C4CC4)nc3n(C(C)C3CC3)c2=O)n1. The molecule has 4 heterocycles. The number of sulfone groups is 1. The number of anilines is 1. The molecule has 0 aliphatic heterocycles. The molecular formula is C25H28N8O3S2. The van der Waals surface area contributed by atoms with Crippen molar-refractivity contribution in [1.29, 1.82) is 0 Å². The number of nitrogens with one attached hydrogen (secondary N) is 1. The molecule has 13 heteroatoms. The first-order valence-electron chi connectivity index (χ1n) is 12.8. The van der Waals surface area contributed by atoms with E-state index in [1.165, 1.54) is 16.7 Å². The molecule has 4 aromatic rings. The van der Waals surface area contributed by atoms with Crippen LogP contribution in [0.15, 0.2) is 27.7 Å². The minimum absolute atomic E-state index is 0.0155. The first-order chi connectivity index (χ1) is 18.3. The van der Waals surface area contributed by atoms with E-state index < -0.39 is 9.84 Å². The van der Waals surface area contributed by atoms with Crippen molar-refractivity contribution in [1.82, 2.24) is 34.5 Å². The number of hydrogen-bond acceptors (Lipinski definition) is 11. The summed E-state index contributed by atoms with van der Waals surface area (Å²) in [4.78, 5) is 40.9. The van der Waals surface area contributed by atoms with Gasteiger partial charge in [0.2, 0.25) is 0 Å². The molecule has 0 saturated heterocycles. The monoisotopic (exact) mass is 552 g/mol. The van der Waals surface area contributed by atoms with Gasteiger partial charge in [0.15, 0.2) is 32.2 Å². The van der Waals surface area contributed by atoms with Crippen molar-refractivity contribution in [3.05, 3.63) is 44.7 Å². The molecule has 2 aliphatic rings. The van der Waals surface area contributed by atoms with Crippen LogP contribution in [0.5, 0.6) is 0 Å². The molecule has 198 valence electrons. The summed E-state index contributed by atoms with van der Waals surface area (Å²) in [5, 5.41) is 5.21. The van der Waals surface area contributed by atoms with E-state index >= 15 is 0 Å². The minimum Gasteiger partial charge on any atom is -0.359 e. The van der Waals surface area contributed by atoms with Crippen molar-refractivity contribution in [3.8, 4) is 11.4 Å². The minimum atomic E-state index is -3.39. The molecule has 38 heavy (non-hydrogen) atoms. The van der Waals surface area contributed by atoms with E-state index in [0.29, 0.717) is 33.8 Å². The molecule has 1 unspecified atom stereocenters. The van der Waals surface area contributed by atoms with Crippen molar-refractivity contribution < 1.29 is 8.42 Å². The van der Waals surface area contributed by atoms with Gasteiger partial charge in [0.25, 0.3) is 5.56 Å². The summed E-state index contributed by atoms with van der Waals surface area (Å²) in [6, 6.07) is -0.0616. The fraction of sp³-hybridized carbons (Fsp3) is 0.480. The Morgan fingerprint density at radius 3 is 2.63 bits per heavy atom. The van der Waals surface area contributed by atoms with Crippen LogP contribution in [-0.4, -0.2) is 48.6 Å². The van der Waals surface area contributed by atoms with E-state index in [4.69, 9.17) is 4.98 Å². The van der Waals surface area contributed by atoms with Gasteiger partial charge < -0.3 is 5.32 Å². The van der Waals surface area contributed by atoms with Crippen molar-refractivity contribution in [2.75, 3.05) is 11.1 Å². The molecule has 0 spiro atoms. The van der Waals surface area contributed by atoms with Crippen molar-refractivity contribution in [2.45, 2.75) is 70.0 Å². The summed E-state index contributed by atoms with van der Waals surface area (Å²) in [6.45, 7) is 5.73. The zero-order valence-electron chi connectivity index (χ0n) is 21.4. The highest BCUT2D eigenvalue weighted by molar-refractivity contribution is 7.91. The van der Waals surface area contributed by atoms with Crippen molar-refractivity contribution in [2.24, 2.45) is 5.92 Å². The molecule has 0 radical (unpaired) electrons. The topological polar surface area (TPSA) is 146 Å². The molecular weight excluding hydrogens is 524 g/mol. The van der Waals surface area contributed by atoms with Crippen LogP contribution in [0.4, 0.5) is 5.82 Å². The molecule has 1 N–H and O–H groups in total. The van der Waals surface area contributed by atoms with Gasteiger partial charge in [0, 0.05) is 17.3 Å². The van der Waals surface area contributed by atoms with Gasteiger partial charge >= 0.3 is 0 Å². The highest BCUT2D eigenvalue weighted by Crippen LogP contribution is 2.43. The third-order valence-electron chi connectivity index (χ3n) is 7.23. The van der Waals surface area contributed by atoms with E-state index in [1.54, 1.807) is 24.0 Å². The van der Waals surface area contributed by atoms with E-state index in [0.717, 1.165) is 42.6 Å². The number of hydrogen-bond donors (Lipinski definition) is 1. The lowest BCUT2D eigenvalue weighted by Crippen LogP contribution is -2.29. The number of rotatable bonds is 9. The molecule has 2 aliphatic carbocycles. The number of thiazole rings is 1. The van der Waals surface area contributed by atoms with Crippen LogP contribution in [0.3, 0.4) is 0 Å². The summed E-state index contributed by atoms with van der Waals surface area (Å²) in [5.41, 5.74) is 3.31. The first-order valence-corrected chi connectivity index (χ1v) is 15.3. The summed E-state index contributed by atoms with van der Waals surface area (Å²) in [5.74, 6) is 1.44. The predicted octanol–water partition coefficient (Wildman–Crippen LogP) is 3.66. The van der Waals surface area contributed by atoms with Crippen LogP contribution in [-0.2, 0) is 16.4 Å². The Hall–Kier alpha value is -3.32. The Morgan fingerprint density at radius 2 is 1.92 bits per heavy atom. The van der Waals surface area contributed by atoms with Crippen LogP contribution < -0.4 is 10.9 Å². The van der Waals surface area contributed by atoms with Gasteiger partial charge in [-0.15, -0.1) is 11.3 Å². The zero-order valence-corrected chi connectivity index (χ0v) is 23.0. The first kappa shape index (κ1) is 25.0. The van der Waals surface area contributed by atoms with Gasteiger partial charge in [-0.25, -0.2) is 38.3 Å². The second-order valence-corrected chi connectivity index (χ2v) is 13.1. The average molecular weight is 553 g/mol. The quantitative estimate of drug-likeness (QED) is 0.326. The van der Waals surface area contributed by atoms with Gasteiger partial charge in [-0.05, 0) is 45.4 Å². The molecule has 0 amide bonds. The van der Waals surface area contributed by atoms with Crippen LogP contribution in [0.1, 0.15) is 67.9 Å². The summed E-state index contributed by atoms with van der Waals surface area (Å²) < 4.78 is 26.0. The van der Waals surface area contributed by atoms with E-state index in [1.807, 2.05) is 13.8 Å². The summed E-state index contributed by atoms with van der Waals surface area (Å²) >= 11 is 1.23. The van der Waals surface area contributed by atoms with Crippen LogP contribution in [0.25, 0.3) is 22.6 Å². The lowest BCUT2D eigenvalue weighted by Gasteiger charge is -2.19. The molecule has 6 rings (SSSR count). The lowest BCUT2D eigenvalue weighted by molar-refractivity contribution is 0.482. The van der Waals surface area contributed by atoms with Gasteiger partial charge in [-0.3, -0.25) is 9.36 Å². The number of fused-ring (bicyclic) bond motifs is 1. The Labute approximate surface area is 223 Å². The second kappa shape index (κ2) is 9.45. The Balaban J connectivity index is 1.41. The molecule has 4 aromatic heterocycles. The molecule has 2 saturated carbocycles. The van der Waals surface area contributed by atoms with Gasteiger partial charge in [-0.2, -0.15) is 0 Å². The third-order valence-corrected chi connectivity index (χ3v) is 9.84. The summed E-state index contributed by atoms with van der Waals surface area (Å²) in [7, 11) is -3.39. The average Bonchev–Trinajstić information content (AvgIpc) is 3.84. The van der Waals surface area contributed by atoms with E-state index in [-0.39, 0.29) is 34.7 Å². The second-order valence-electron chi connectivity index (χ2n) is 9.95. The highest BCUT2D eigenvalue weighted by Gasteiger charge is 2.33. The van der Waals surface area contributed by atoms with E-state index in [9.17, 15) is 13.2 Å². The maximum Gasteiger partial charge on any atom is 0.295 e. The number of aryl methyl sites for hydroxylation is 1. The Morgan fingerprint density at radius 1 is 1.13 bits per heavy atom. The van der Waals surface area contributed by atoms with Gasteiger partial charge in [0.05, 0.1) is 35.4 Å². The summed E-state index contributed by atoms with van der Waals surface area (Å²) in [6.07, 6.45) is 7.52.